The van der Waals surface area contributed by atoms with E-state index in [0.717, 1.165) is 5.56 Å². The molecule has 0 amide bonds. The second kappa shape index (κ2) is 5.47. The molecule has 5 heteroatoms. The number of furan rings is 1. The minimum atomic E-state index is -0.975. The topological polar surface area (TPSA) is 59.7 Å². The average Bonchev–Trinajstić information content (AvgIpc) is 2.89. The van der Waals surface area contributed by atoms with Gasteiger partial charge in [0.05, 0.1) is 7.11 Å². The maximum Gasteiger partial charge on any atom is 0.373 e. The predicted molar refractivity (Wildman–Crippen MR) is 70.3 cm³/mol. The van der Waals surface area contributed by atoms with Crippen LogP contribution in [0.2, 0.25) is 5.02 Å². The van der Waals surface area contributed by atoms with Crippen molar-refractivity contribution >= 4 is 17.6 Å². The van der Waals surface area contributed by atoms with Gasteiger partial charge in [0.2, 0.25) is 5.76 Å². The predicted octanol–water partition coefficient (Wildman–Crippen LogP) is 3.11. The number of ether oxygens (including phenoxy) is 1. The summed E-state index contributed by atoms with van der Waals surface area (Å²) in [5.74, 6) is -0.268. The first kappa shape index (κ1) is 13.6. The second-order valence-corrected chi connectivity index (χ2v) is 4.51. The number of carbonyl (C=O) groups excluding carboxylic acids is 1. The van der Waals surface area contributed by atoms with Crippen molar-refractivity contribution in [2.45, 2.75) is 13.0 Å². The number of rotatable bonds is 3. The number of methoxy groups -OCH3 is 1. The summed E-state index contributed by atoms with van der Waals surface area (Å²) in [7, 11) is 1.26. The van der Waals surface area contributed by atoms with Gasteiger partial charge in [-0.25, -0.2) is 4.79 Å². The molecule has 2 aromatic rings. The maximum absolute atomic E-state index is 11.3. The molecule has 0 fully saturated rings. The Morgan fingerprint density at radius 1 is 1.37 bits per heavy atom. The van der Waals surface area contributed by atoms with Crippen LogP contribution in [0, 0.1) is 6.92 Å². The maximum atomic E-state index is 11.3. The van der Waals surface area contributed by atoms with E-state index >= 15 is 0 Å². The van der Waals surface area contributed by atoms with Crippen LogP contribution in [-0.2, 0) is 4.74 Å². The Bertz CT molecular complexity index is 603. The van der Waals surface area contributed by atoms with Crippen LogP contribution >= 0.6 is 11.6 Å². The van der Waals surface area contributed by atoms with Crippen molar-refractivity contribution < 1.29 is 19.1 Å². The lowest BCUT2D eigenvalue weighted by molar-refractivity contribution is 0.0558. The highest BCUT2D eigenvalue weighted by Crippen LogP contribution is 2.27. The monoisotopic (exact) mass is 280 g/mol. The molecule has 1 aromatic heterocycles. The Morgan fingerprint density at radius 2 is 2.11 bits per heavy atom. The van der Waals surface area contributed by atoms with E-state index in [4.69, 9.17) is 16.0 Å². The van der Waals surface area contributed by atoms with Crippen molar-refractivity contribution in [3.63, 3.8) is 0 Å². The minimum Gasteiger partial charge on any atom is -0.463 e. The van der Waals surface area contributed by atoms with Crippen molar-refractivity contribution in [3.05, 3.63) is 58.0 Å². The highest BCUT2D eigenvalue weighted by Gasteiger charge is 2.18. The molecule has 0 aliphatic heterocycles. The molecule has 19 heavy (non-hydrogen) atoms. The van der Waals surface area contributed by atoms with Gasteiger partial charge in [-0.15, -0.1) is 0 Å². The number of carbonyl (C=O) groups is 1. The first-order valence-electron chi connectivity index (χ1n) is 5.65. The molecule has 0 saturated carbocycles. The van der Waals surface area contributed by atoms with E-state index in [1.807, 2.05) is 13.0 Å². The number of esters is 1. The van der Waals surface area contributed by atoms with Gasteiger partial charge in [0.25, 0.3) is 0 Å². The molecular formula is C14H13ClO4. The van der Waals surface area contributed by atoms with Gasteiger partial charge in [-0.1, -0.05) is 23.7 Å². The summed E-state index contributed by atoms with van der Waals surface area (Å²) >= 11 is 6.01. The first-order valence-corrected chi connectivity index (χ1v) is 6.03. The molecule has 0 spiro atoms. The van der Waals surface area contributed by atoms with Crippen LogP contribution in [0.5, 0.6) is 0 Å². The Hall–Kier alpha value is -1.78. The van der Waals surface area contributed by atoms with Crippen LogP contribution in [0.3, 0.4) is 0 Å². The zero-order valence-corrected chi connectivity index (χ0v) is 11.3. The molecule has 1 aromatic carbocycles. The van der Waals surface area contributed by atoms with Crippen molar-refractivity contribution in [2.24, 2.45) is 0 Å². The number of aryl methyl sites for hydroxylation is 1. The summed E-state index contributed by atoms with van der Waals surface area (Å²) in [5, 5.41) is 10.7. The summed E-state index contributed by atoms with van der Waals surface area (Å²) in [4.78, 5) is 11.3. The third kappa shape index (κ3) is 2.80. The van der Waals surface area contributed by atoms with Gasteiger partial charge in [0.15, 0.2) is 0 Å². The second-order valence-electron chi connectivity index (χ2n) is 4.10. The highest BCUT2D eigenvalue weighted by atomic mass is 35.5. The molecule has 4 nitrogen and oxygen atoms in total. The molecular weight excluding hydrogens is 268 g/mol. The summed E-state index contributed by atoms with van der Waals surface area (Å²) in [5.41, 5.74) is 1.52. The molecule has 0 aliphatic rings. The van der Waals surface area contributed by atoms with Gasteiger partial charge in [-0.3, -0.25) is 0 Å². The lowest BCUT2D eigenvalue weighted by atomic mass is 10.1. The summed E-state index contributed by atoms with van der Waals surface area (Å²) in [6, 6.07) is 8.23. The fraction of sp³-hybridized carbons (Fsp3) is 0.214. The lowest BCUT2D eigenvalue weighted by Gasteiger charge is -2.09. The van der Waals surface area contributed by atoms with E-state index < -0.39 is 12.1 Å². The van der Waals surface area contributed by atoms with Crippen LogP contribution < -0.4 is 0 Å². The van der Waals surface area contributed by atoms with Gasteiger partial charge in [-0.2, -0.15) is 0 Å². The summed E-state index contributed by atoms with van der Waals surface area (Å²) < 4.78 is 9.79. The fourth-order valence-corrected chi connectivity index (χ4v) is 1.84. The molecule has 1 heterocycles. The molecule has 100 valence electrons. The van der Waals surface area contributed by atoms with Crippen LogP contribution in [0.4, 0.5) is 0 Å². The Labute approximate surface area is 115 Å². The number of hydrogen-bond acceptors (Lipinski definition) is 4. The molecule has 1 unspecified atom stereocenters. The molecule has 2 rings (SSSR count). The molecule has 1 N–H and O–H groups in total. The molecule has 0 aliphatic carbocycles. The number of hydrogen-bond donors (Lipinski definition) is 1. The van der Waals surface area contributed by atoms with E-state index in [0.29, 0.717) is 10.6 Å². The van der Waals surface area contributed by atoms with E-state index in [1.165, 1.54) is 19.2 Å². The van der Waals surface area contributed by atoms with Crippen LogP contribution in [0.15, 0.2) is 34.7 Å². The molecule has 0 radical (unpaired) electrons. The summed E-state index contributed by atoms with van der Waals surface area (Å²) in [6.07, 6.45) is -0.975. The van der Waals surface area contributed by atoms with Crippen molar-refractivity contribution in [1.82, 2.24) is 0 Å². The van der Waals surface area contributed by atoms with E-state index in [9.17, 15) is 9.90 Å². The number of halogens is 1. The zero-order chi connectivity index (χ0) is 14.0. The van der Waals surface area contributed by atoms with E-state index in [2.05, 4.69) is 4.74 Å². The third-order valence-corrected chi connectivity index (χ3v) is 3.20. The zero-order valence-electron chi connectivity index (χ0n) is 10.5. The van der Waals surface area contributed by atoms with Crippen molar-refractivity contribution in [2.75, 3.05) is 7.11 Å². The Balaban J connectivity index is 2.28. The quantitative estimate of drug-likeness (QED) is 0.878. The smallest absolute Gasteiger partial charge is 0.373 e. The van der Waals surface area contributed by atoms with Crippen LogP contribution in [-0.4, -0.2) is 18.2 Å². The largest absolute Gasteiger partial charge is 0.463 e. The van der Waals surface area contributed by atoms with Crippen molar-refractivity contribution in [1.29, 1.82) is 0 Å². The van der Waals surface area contributed by atoms with E-state index in [-0.39, 0.29) is 11.5 Å². The SMILES string of the molecule is COC(=O)c1ccc(C(O)c2ccc(C)c(Cl)c2)o1. The molecule has 1 atom stereocenters. The summed E-state index contributed by atoms with van der Waals surface area (Å²) in [6.45, 7) is 1.88. The Morgan fingerprint density at radius 3 is 2.74 bits per heavy atom. The van der Waals surface area contributed by atoms with Gasteiger partial charge >= 0.3 is 5.97 Å². The minimum absolute atomic E-state index is 0.0507. The van der Waals surface area contributed by atoms with Crippen LogP contribution in [0.1, 0.15) is 33.5 Å². The fourth-order valence-electron chi connectivity index (χ4n) is 1.65. The highest BCUT2D eigenvalue weighted by molar-refractivity contribution is 6.31. The number of aliphatic hydroxyl groups excluding tert-OH is 1. The third-order valence-electron chi connectivity index (χ3n) is 2.79. The first-order chi connectivity index (χ1) is 9.02. The standard InChI is InChI=1S/C14H13ClO4/c1-8-3-4-9(7-10(8)15)13(16)11-5-6-12(19-11)14(17)18-2/h3-7,13,16H,1-2H3. The Kier molecular flexibility index (Phi) is 3.93. The van der Waals surface area contributed by atoms with Gasteiger partial charge in [-0.05, 0) is 36.2 Å². The van der Waals surface area contributed by atoms with E-state index in [1.54, 1.807) is 12.1 Å². The van der Waals surface area contributed by atoms with Gasteiger partial charge in [0, 0.05) is 5.02 Å². The number of aliphatic hydroxyl groups is 1. The lowest BCUT2D eigenvalue weighted by Crippen LogP contribution is -2.00. The normalized spacial score (nSPS) is 12.2. The van der Waals surface area contributed by atoms with Gasteiger partial charge < -0.3 is 14.3 Å². The van der Waals surface area contributed by atoms with Gasteiger partial charge in [0.1, 0.15) is 11.9 Å². The number of benzene rings is 1. The van der Waals surface area contributed by atoms with Crippen molar-refractivity contribution in [3.8, 4) is 0 Å². The average molecular weight is 281 g/mol. The molecule has 0 bridgehead atoms. The van der Waals surface area contributed by atoms with Crippen LogP contribution in [0.25, 0.3) is 0 Å². The molecule has 0 saturated heterocycles.